The Morgan fingerprint density at radius 2 is 2.19 bits per heavy atom. The minimum atomic E-state index is -0.591. The first kappa shape index (κ1) is 17.0. The van der Waals surface area contributed by atoms with Crippen LogP contribution in [-0.4, -0.2) is 42.4 Å². The molecule has 0 aliphatic carbocycles. The van der Waals surface area contributed by atoms with E-state index in [0.29, 0.717) is 22.0 Å². The highest BCUT2D eigenvalue weighted by Crippen LogP contribution is 2.32. The lowest BCUT2D eigenvalue weighted by molar-refractivity contribution is -0.0528. The molecular formula is C16H23Cl2NO2. The van der Waals surface area contributed by atoms with Gasteiger partial charge in [-0.3, -0.25) is 0 Å². The second-order valence-corrected chi connectivity index (χ2v) is 6.77. The first-order chi connectivity index (χ1) is 9.95. The molecule has 118 valence electrons. The van der Waals surface area contributed by atoms with Crippen molar-refractivity contribution in [1.82, 2.24) is 4.90 Å². The van der Waals surface area contributed by atoms with Crippen LogP contribution in [-0.2, 0) is 4.74 Å². The van der Waals surface area contributed by atoms with E-state index in [0.717, 1.165) is 32.5 Å². The van der Waals surface area contributed by atoms with Crippen LogP contribution < -0.4 is 0 Å². The zero-order valence-corrected chi connectivity index (χ0v) is 14.1. The van der Waals surface area contributed by atoms with Crippen molar-refractivity contribution in [2.45, 2.75) is 37.9 Å². The van der Waals surface area contributed by atoms with Crippen LogP contribution in [0, 0.1) is 0 Å². The molecule has 0 spiro atoms. The number of methoxy groups -OCH3 is 1. The van der Waals surface area contributed by atoms with Crippen molar-refractivity contribution in [3.05, 3.63) is 33.8 Å². The SMILES string of the molecule is COC1(C)CCCN(CCC(O)c2cccc(Cl)c2Cl)C1. The summed E-state index contributed by atoms with van der Waals surface area (Å²) in [6.45, 7) is 4.92. The Balaban J connectivity index is 1.92. The average molecular weight is 332 g/mol. The third kappa shape index (κ3) is 4.33. The topological polar surface area (TPSA) is 32.7 Å². The lowest BCUT2D eigenvalue weighted by Crippen LogP contribution is -2.47. The molecule has 21 heavy (non-hydrogen) atoms. The van der Waals surface area contributed by atoms with Crippen LogP contribution in [0.3, 0.4) is 0 Å². The number of aliphatic hydroxyl groups excluding tert-OH is 1. The van der Waals surface area contributed by atoms with E-state index in [9.17, 15) is 5.11 Å². The number of rotatable bonds is 5. The molecule has 0 amide bonds. The van der Waals surface area contributed by atoms with Crippen molar-refractivity contribution in [2.75, 3.05) is 26.7 Å². The standard InChI is InChI=1S/C16H23Cl2NO2/c1-16(21-2)8-4-9-19(11-16)10-7-14(20)12-5-3-6-13(17)15(12)18/h3,5-6,14,20H,4,7-11H2,1-2H3. The molecule has 2 atom stereocenters. The van der Waals surface area contributed by atoms with E-state index in [-0.39, 0.29) is 5.60 Å². The number of hydrogen-bond acceptors (Lipinski definition) is 3. The van der Waals surface area contributed by atoms with Crippen molar-refractivity contribution >= 4 is 23.2 Å². The number of nitrogens with zero attached hydrogens (tertiary/aromatic N) is 1. The number of likely N-dealkylation sites (tertiary alicyclic amines) is 1. The van der Waals surface area contributed by atoms with Gasteiger partial charge in [-0.15, -0.1) is 0 Å². The van der Waals surface area contributed by atoms with Gasteiger partial charge >= 0.3 is 0 Å². The quantitative estimate of drug-likeness (QED) is 0.887. The van der Waals surface area contributed by atoms with Crippen LogP contribution in [0.4, 0.5) is 0 Å². The molecule has 1 heterocycles. The minimum absolute atomic E-state index is 0.0725. The maximum Gasteiger partial charge on any atom is 0.0817 e. The van der Waals surface area contributed by atoms with Gasteiger partial charge in [0, 0.05) is 25.8 Å². The molecular weight excluding hydrogens is 309 g/mol. The molecule has 1 fully saturated rings. The Bertz CT molecular complexity index is 483. The van der Waals surface area contributed by atoms with E-state index in [1.165, 1.54) is 0 Å². The summed E-state index contributed by atoms with van der Waals surface area (Å²) in [5, 5.41) is 11.3. The molecule has 0 saturated carbocycles. The fourth-order valence-electron chi connectivity index (χ4n) is 2.90. The first-order valence-electron chi connectivity index (χ1n) is 7.35. The molecule has 1 aliphatic heterocycles. The smallest absolute Gasteiger partial charge is 0.0817 e. The average Bonchev–Trinajstić information content (AvgIpc) is 2.48. The van der Waals surface area contributed by atoms with E-state index in [2.05, 4.69) is 11.8 Å². The van der Waals surface area contributed by atoms with Gasteiger partial charge in [0.1, 0.15) is 0 Å². The Labute approximate surface area is 136 Å². The summed E-state index contributed by atoms with van der Waals surface area (Å²) in [6, 6.07) is 5.37. The van der Waals surface area contributed by atoms with E-state index >= 15 is 0 Å². The summed E-state index contributed by atoms with van der Waals surface area (Å²) in [5.74, 6) is 0. The van der Waals surface area contributed by atoms with Gasteiger partial charge in [0.15, 0.2) is 0 Å². The summed E-state index contributed by atoms with van der Waals surface area (Å²) in [4.78, 5) is 2.34. The van der Waals surface area contributed by atoms with Crippen molar-refractivity contribution in [3.8, 4) is 0 Å². The number of hydrogen-bond donors (Lipinski definition) is 1. The van der Waals surface area contributed by atoms with E-state index in [1.807, 2.05) is 12.1 Å². The molecule has 5 heteroatoms. The molecule has 1 aromatic rings. The third-order valence-electron chi connectivity index (χ3n) is 4.29. The Hall–Kier alpha value is -0.320. The maximum atomic E-state index is 10.3. The zero-order valence-electron chi connectivity index (χ0n) is 12.6. The molecule has 2 rings (SSSR count). The highest BCUT2D eigenvalue weighted by Gasteiger charge is 2.30. The monoisotopic (exact) mass is 331 g/mol. The second kappa shape index (κ2) is 7.30. The lowest BCUT2D eigenvalue weighted by Gasteiger charge is -2.39. The molecule has 3 nitrogen and oxygen atoms in total. The van der Waals surface area contributed by atoms with Crippen LogP contribution in [0.25, 0.3) is 0 Å². The number of halogens is 2. The van der Waals surface area contributed by atoms with Gasteiger partial charge in [0.25, 0.3) is 0 Å². The molecule has 1 aromatic carbocycles. The highest BCUT2D eigenvalue weighted by molar-refractivity contribution is 6.42. The minimum Gasteiger partial charge on any atom is -0.388 e. The fraction of sp³-hybridized carbons (Fsp3) is 0.625. The summed E-state index contributed by atoms with van der Waals surface area (Å²) in [5.41, 5.74) is 0.632. The molecule has 0 bridgehead atoms. The van der Waals surface area contributed by atoms with Crippen molar-refractivity contribution < 1.29 is 9.84 Å². The van der Waals surface area contributed by atoms with Gasteiger partial charge in [0.05, 0.1) is 21.8 Å². The molecule has 2 unspecified atom stereocenters. The Morgan fingerprint density at radius 3 is 2.90 bits per heavy atom. The number of piperidine rings is 1. The van der Waals surface area contributed by atoms with E-state index in [4.69, 9.17) is 27.9 Å². The van der Waals surface area contributed by atoms with Gasteiger partial charge in [-0.2, -0.15) is 0 Å². The number of benzene rings is 1. The predicted molar refractivity (Wildman–Crippen MR) is 87.1 cm³/mol. The number of aliphatic hydroxyl groups is 1. The summed E-state index contributed by atoms with van der Waals surface area (Å²) in [6.07, 6.45) is 2.26. The first-order valence-corrected chi connectivity index (χ1v) is 8.10. The molecule has 1 saturated heterocycles. The zero-order chi connectivity index (χ0) is 15.5. The fourth-order valence-corrected chi connectivity index (χ4v) is 3.34. The van der Waals surface area contributed by atoms with E-state index in [1.54, 1.807) is 13.2 Å². The predicted octanol–water partition coefficient (Wildman–Crippen LogP) is 3.92. The Kier molecular flexibility index (Phi) is 5.92. The van der Waals surface area contributed by atoms with Crippen molar-refractivity contribution in [1.29, 1.82) is 0 Å². The summed E-state index contributed by atoms with van der Waals surface area (Å²) in [7, 11) is 1.77. The van der Waals surface area contributed by atoms with Crippen LogP contribution in [0.15, 0.2) is 18.2 Å². The third-order valence-corrected chi connectivity index (χ3v) is 5.12. The molecule has 0 radical (unpaired) electrons. The van der Waals surface area contributed by atoms with Gasteiger partial charge in [0.2, 0.25) is 0 Å². The van der Waals surface area contributed by atoms with Crippen molar-refractivity contribution in [3.63, 3.8) is 0 Å². The van der Waals surface area contributed by atoms with Crippen LogP contribution >= 0.6 is 23.2 Å². The van der Waals surface area contributed by atoms with Crippen molar-refractivity contribution in [2.24, 2.45) is 0 Å². The second-order valence-electron chi connectivity index (χ2n) is 5.98. The van der Waals surface area contributed by atoms with Gasteiger partial charge in [-0.1, -0.05) is 35.3 Å². The maximum absolute atomic E-state index is 10.3. The van der Waals surface area contributed by atoms with Crippen LogP contribution in [0.2, 0.25) is 10.0 Å². The van der Waals surface area contributed by atoms with Gasteiger partial charge in [-0.05, 0) is 38.8 Å². The van der Waals surface area contributed by atoms with Crippen LogP contribution in [0.1, 0.15) is 37.9 Å². The highest BCUT2D eigenvalue weighted by atomic mass is 35.5. The summed E-state index contributed by atoms with van der Waals surface area (Å²) < 4.78 is 5.59. The van der Waals surface area contributed by atoms with E-state index < -0.39 is 6.10 Å². The summed E-state index contributed by atoms with van der Waals surface area (Å²) >= 11 is 12.1. The molecule has 1 aliphatic rings. The normalized spacial score (nSPS) is 25.0. The molecule has 0 aromatic heterocycles. The van der Waals surface area contributed by atoms with Crippen LogP contribution in [0.5, 0.6) is 0 Å². The van der Waals surface area contributed by atoms with Gasteiger partial charge < -0.3 is 14.7 Å². The number of ether oxygens (including phenoxy) is 1. The van der Waals surface area contributed by atoms with Gasteiger partial charge in [-0.25, -0.2) is 0 Å². The molecule has 1 N–H and O–H groups in total. The Morgan fingerprint density at radius 1 is 1.43 bits per heavy atom. The lowest BCUT2D eigenvalue weighted by atomic mass is 9.94. The largest absolute Gasteiger partial charge is 0.388 e.